The van der Waals surface area contributed by atoms with E-state index in [0.29, 0.717) is 37.1 Å². The van der Waals surface area contributed by atoms with E-state index < -0.39 is 24.7 Å². The van der Waals surface area contributed by atoms with Crippen molar-refractivity contribution in [2.45, 2.75) is 19.4 Å². The van der Waals surface area contributed by atoms with Gasteiger partial charge in [0, 0.05) is 64.4 Å². The summed E-state index contributed by atoms with van der Waals surface area (Å²) in [5.41, 5.74) is 0. The Hall–Kier alpha value is 0.0969. The smallest absolute Gasteiger partial charge is 0.748 e. The zero-order valence-electron chi connectivity index (χ0n) is 18.3. The van der Waals surface area contributed by atoms with Crippen LogP contribution in [0.15, 0.2) is 0 Å². The van der Waals surface area contributed by atoms with Crippen LogP contribution in [-0.2, 0) is 28.2 Å². The van der Waals surface area contributed by atoms with E-state index in [2.05, 4.69) is 16.0 Å². The molecule has 0 rings (SSSR count). The standard InChI is InChI=1S/C15H33N3O8S2Si.Na/c1-13(14(19)16-8-10-28(21,22)23)12-27-9-7-18-15(20)17-6-5-11-29(24-2,25-3)26-4;/h13H,5-12H2,1-4H3,(H,16,19)(H2,17,18,20)(H,21,22,23);/q;+1/p-1. The van der Waals surface area contributed by atoms with Crippen LogP contribution >= 0.6 is 11.8 Å². The van der Waals surface area contributed by atoms with Crippen molar-refractivity contribution in [2.24, 2.45) is 5.92 Å². The summed E-state index contributed by atoms with van der Waals surface area (Å²) in [5.74, 6) is -0.141. The Kier molecular flexibility index (Phi) is 19.0. The average molecular weight is 498 g/mol. The Bertz CT molecular complexity index is 588. The van der Waals surface area contributed by atoms with Gasteiger partial charge in [0.2, 0.25) is 5.91 Å². The number of thioether (sulfide) groups is 1. The molecule has 3 N–H and O–H groups in total. The Balaban J connectivity index is 0. The van der Waals surface area contributed by atoms with Crippen molar-refractivity contribution in [1.29, 1.82) is 0 Å². The number of carbonyl (C=O) groups is 2. The van der Waals surface area contributed by atoms with Crippen LogP contribution in [0.4, 0.5) is 4.79 Å². The fraction of sp³-hybridized carbons (Fsp3) is 0.867. The first-order chi connectivity index (χ1) is 13.6. The van der Waals surface area contributed by atoms with Crippen molar-refractivity contribution < 1.29 is 65.4 Å². The van der Waals surface area contributed by atoms with Crippen LogP contribution < -0.4 is 45.5 Å². The summed E-state index contributed by atoms with van der Waals surface area (Å²) >= 11 is 1.48. The fourth-order valence-corrected chi connectivity index (χ4v) is 5.16. The van der Waals surface area contributed by atoms with Crippen LogP contribution in [-0.4, -0.2) is 91.9 Å². The van der Waals surface area contributed by atoms with Gasteiger partial charge in [0.25, 0.3) is 0 Å². The van der Waals surface area contributed by atoms with Gasteiger partial charge in [0.05, 0.1) is 15.9 Å². The van der Waals surface area contributed by atoms with Gasteiger partial charge >= 0.3 is 44.4 Å². The molecule has 0 aromatic carbocycles. The zero-order chi connectivity index (χ0) is 22.3. The van der Waals surface area contributed by atoms with E-state index in [9.17, 15) is 22.6 Å². The normalized spacial score (nSPS) is 12.6. The van der Waals surface area contributed by atoms with E-state index in [4.69, 9.17) is 13.3 Å². The number of nitrogens with one attached hydrogen (secondary N) is 3. The maximum atomic E-state index is 11.8. The molecule has 0 saturated carbocycles. The van der Waals surface area contributed by atoms with Crippen molar-refractivity contribution in [1.82, 2.24) is 16.0 Å². The second-order valence-corrected chi connectivity index (χ2v) is 11.9. The van der Waals surface area contributed by atoms with Crippen LogP contribution in [0.25, 0.3) is 0 Å². The van der Waals surface area contributed by atoms with Gasteiger partial charge in [-0.3, -0.25) is 4.79 Å². The number of urea groups is 1. The van der Waals surface area contributed by atoms with E-state index >= 15 is 0 Å². The van der Waals surface area contributed by atoms with Crippen LogP contribution in [0.5, 0.6) is 0 Å². The van der Waals surface area contributed by atoms with Crippen LogP contribution in [0, 0.1) is 5.92 Å². The van der Waals surface area contributed by atoms with Crippen molar-refractivity contribution in [3.05, 3.63) is 0 Å². The van der Waals surface area contributed by atoms with E-state index in [1.165, 1.54) is 11.8 Å². The van der Waals surface area contributed by atoms with Gasteiger partial charge in [-0.15, -0.1) is 0 Å². The largest absolute Gasteiger partial charge is 1.00 e. The molecule has 11 nitrogen and oxygen atoms in total. The van der Waals surface area contributed by atoms with Gasteiger partial charge in [-0.2, -0.15) is 11.8 Å². The Morgan fingerprint density at radius 1 is 1.03 bits per heavy atom. The molecule has 0 radical (unpaired) electrons. The third-order valence-electron chi connectivity index (χ3n) is 3.88. The number of amides is 3. The van der Waals surface area contributed by atoms with Crippen LogP contribution in [0.2, 0.25) is 6.04 Å². The second kappa shape index (κ2) is 17.6. The summed E-state index contributed by atoms with van der Waals surface area (Å²) in [5, 5.41) is 7.87. The number of hydrogen-bond acceptors (Lipinski definition) is 9. The number of carbonyl (C=O) groups excluding carboxylic acids is 2. The van der Waals surface area contributed by atoms with Gasteiger partial charge in [-0.05, 0) is 6.42 Å². The van der Waals surface area contributed by atoms with Crippen molar-refractivity contribution in [3.63, 3.8) is 0 Å². The molecular formula is C15H32N3NaO8S2Si. The molecule has 0 heterocycles. The van der Waals surface area contributed by atoms with Gasteiger partial charge in [-0.1, -0.05) is 6.92 Å². The van der Waals surface area contributed by atoms with Crippen LogP contribution in [0.3, 0.4) is 0 Å². The Morgan fingerprint density at radius 2 is 1.60 bits per heavy atom. The minimum atomic E-state index is -4.33. The Labute approximate surface area is 206 Å². The third kappa shape index (κ3) is 15.8. The Morgan fingerprint density at radius 3 is 2.13 bits per heavy atom. The van der Waals surface area contributed by atoms with Crippen molar-refractivity contribution >= 4 is 42.6 Å². The first-order valence-electron chi connectivity index (χ1n) is 9.05. The molecule has 1 atom stereocenters. The maximum Gasteiger partial charge on any atom is 1.00 e. The molecule has 0 aromatic rings. The zero-order valence-corrected chi connectivity index (χ0v) is 22.9. The van der Waals surface area contributed by atoms with Gasteiger partial charge in [0.15, 0.2) is 0 Å². The van der Waals surface area contributed by atoms with E-state index in [0.717, 1.165) is 0 Å². The average Bonchev–Trinajstić information content (AvgIpc) is 2.67. The minimum Gasteiger partial charge on any atom is -0.748 e. The molecule has 0 aliphatic rings. The molecule has 3 amide bonds. The maximum absolute atomic E-state index is 11.8. The summed E-state index contributed by atoms with van der Waals surface area (Å²) in [6.45, 7) is 2.41. The summed E-state index contributed by atoms with van der Waals surface area (Å²) in [6, 6.07) is 0.308. The molecule has 0 saturated heterocycles. The number of rotatable bonds is 16. The van der Waals surface area contributed by atoms with Crippen LogP contribution in [0.1, 0.15) is 13.3 Å². The molecule has 0 aliphatic carbocycles. The van der Waals surface area contributed by atoms with Crippen molar-refractivity contribution in [3.8, 4) is 0 Å². The molecule has 0 fully saturated rings. The van der Waals surface area contributed by atoms with E-state index in [-0.39, 0.29) is 54.0 Å². The predicted octanol–water partition coefficient (Wildman–Crippen LogP) is -3.41. The first-order valence-corrected chi connectivity index (χ1v) is 13.7. The summed E-state index contributed by atoms with van der Waals surface area (Å²) < 4.78 is 47.4. The van der Waals surface area contributed by atoms with Gasteiger partial charge in [-0.25, -0.2) is 13.2 Å². The number of hydrogen-bond donors (Lipinski definition) is 3. The van der Waals surface area contributed by atoms with E-state index in [1.54, 1.807) is 28.3 Å². The minimum absolute atomic E-state index is 0. The third-order valence-corrected chi connectivity index (χ3v) is 8.64. The second-order valence-electron chi connectivity index (χ2n) is 6.11. The van der Waals surface area contributed by atoms with E-state index in [1.807, 2.05) is 0 Å². The summed E-state index contributed by atoms with van der Waals surface area (Å²) in [4.78, 5) is 23.5. The topological polar surface area (TPSA) is 155 Å². The molecule has 0 aromatic heterocycles. The molecule has 0 spiro atoms. The fourth-order valence-electron chi connectivity index (χ4n) is 2.17. The molecule has 1 unspecified atom stereocenters. The SMILES string of the molecule is CO[Si](CCCNC(=O)NCCSCC(C)C(=O)NCCS(=O)(=O)[O-])(OC)OC.[Na+]. The predicted molar refractivity (Wildman–Crippen MR) is 112 cm³/mol. The quantitative estimate of drug-likeness (QED) is 0.112. The van der Waals surface area contributed by atoms with Crippen molar-refractivity contribution in [2.75, 3.05) is 58.2 Å². The molecule has 172 valence electrons. The van der Waals surface area contributed by atoms with Gasteiger partial charge in [0.1, 0.15) is 0 Å². The molecule has 0 aliphatic heterocycles. The van der Waals surface area contributed by atoms with Gasteiger partial charge < -0.3 is 33.8 Å². The first kappa shape index (κ1) is 32.3. The summed E-state index contributed by atoms with van der Waals surface area (Å²) in [7, 11) is -2.33. The molecule has 0 bridgehead atoms. The molecule has 30 heavy (non-hydrogen) atoms. The molecular weight excluding hydrogens is 465 g/mol. The monoisotopic (exact) mass is 497 g/mol. The molecule has 15 heteroatoms. The summed E-state index contributed by atoms with van der Waals surface area (Å²) in [6.07, 6.45) is 0.657.